The van der Waals surface area contributed by atoms with Crippen molar-refractivity contribution in [3.05, 3.63) is 98.5 Å². The molecule has 0 unspecified atom stereocenters. The monoisotopic (exact) mass is 534 g/mol. The first kappa shape index (κ1) is 24.4. The number of rotatable bonds is 6. The van der Waals surface area contributed by atoms with E-state index in [4.69, 9.17) is 16.3 Å². The molecule has 0 saturated heterocycles. The van der Waals surface area contributed by atoms with E-state index in [1.807, 2.05) is 12.1 Å². The second kappa shape index (κ2) is 10.6. The van der Waals surface area contributed by atoms with Gasteiger partial charge in [0.05, 0.1) is 10.0 Å². The fourth-order valence-electron chi connectivity index (χ4n) is 2.80. The van der Waals surface area contributed by atoms with Gasteiger partial charge in [0, 0.05) is 10.7 Å². The molecule has 0 aliphatic heterocycles. The summed E-state index contributed by atoms with van der Waals surface area (Å²) >= 11 is 9.36. The second-order valence-corrected chi connectivity index (χ2v) is 8.10. The third kappa shape index (κ3) is 6.85. The molecule has 0 radical (unpaired) electrons. The Morgan fingerprint density at radius 1 is 1.12 bits per heavy atom. The minimum absolute atomic E-state index is 0.0677. The molecule has 3 aromatic carbocycles. The largest absolute Gasteiger partial charge is 0.488 e. The quantitative estimate of drug-likeness (QED) is 0.267. The average molecular weight is 536 g/mol. The summed E-state index contributed by atoms with van der Waals surface area (Å²) in [5, 5.41) is 12.3. The maximum absolute atomic E-state index is 12.9. The van der Waals surface area contributed by atoms with Crippen molar-refractivity contribution in [1.82, 2.24) is 0 Å². The molecule has 0 spiro atoms. The number of amides is 1. The summed E-state index contributed by atoms with van der Waals surface area (Å²) in [7, 11) is 0. The van der Waals surface area contributed by atoms with Gasteiger partial charge in [-0.05, 0) is 75.6 Å². The summed E-state index contributed by atoms with van der Waals surface area (Å²) in [5.74, 6) is -0.284. The highest BCUT2D eigenvalue weighted by Crippen LogP contribution is 2.31. The van der Waals surface area contributed by atoms with Crippen LogP contribution in [0.3, 0.4) is 0 Å². The number of hydrogen-bond donors (Lipinski definition) is 1. The number of alkyl halides is 3. The van der Waals surface area contributed by atoms with Crippen molar-refractivity contribution in [2.24, 2.45) is 0 Å². The zero-order chi connectivity index (χ0) is 24.0. The SMILES string of the molecule is N#C/C(=C\c1ccc(OCc2cccc(Cl)c2)c(Br)c1)C(=O)Nc1cccc(C(F)(F)F)c1. The second-order valence-electron chi connectivity index (χ2n) is 6.81. The van der Waals surface area contributed by atoms with Gasteiger partial charge in [-0.25, -0.2) is 0 Å². The van der Waals surface area contributed by atoms with Crippen LogP contribution >= 0.6 is 27.5 Å². The molecule has 0 heterocycles. The van der Waals surface area contributed by atoms with Crippen LogP contribution in [-0.4, -0.2) is 5.91 Å². The summed E-state index contributed by atoms with van der Waals surface area (Å²) in [6, 6.07) is 18.2. The molecule has 1 N–H and O–H groups in total. The van der Waals surface area contributed by atoms with Gasteiger partial charge in [0.2, 0.25) is 0 Å². The third-order valence-electron chi connectivity index (χ3n) is 4.36. The Morgan fingerprint density at radius 2 is 1.88 bits per heavy atom. The molecule has 0 bridgehead atoms. The summed E-state index contributed by atoms with van der Waals surface area (Å²) in [4.78, 5) is 12.4. The van der Waals surface area contributed by atoms with Gasteiger partial charge >= 0.3 is 6.18 Å². The minimum atomic E-state index is -4.54. The Balaban J connectivity index is 1.72. The first-order valence-electron chi connectivity index (χ1n) is 9.43. The van der Waals surface area contributed by atoms with Gasteiger partial charge in [-0.3, -0.25) is 4.79 Å². The number of halogens is 5. The molecule has 168 valence electrons. The van der Waals surface area contributed by atoms with E-state index in [-0.39, 0.29) is 17.9 Å². The number of nitrogens with one attached hydrogen (secondary N) is 1. The van der Waals surface area contributed by atoms with Crippen molar-refractivity contribution in [2.75, 3.05) is 5.32 Å². The highest BCUT2D eigenvalue weighted by atomic mass is 79.9. The topological polar surface area (TPSA) is 62.1 Å². The Morgan fingerprint density at radius 3 is 2.55 bits per heavy atom. The van der Waals surface area contributed by atoms with E-state index in [0.29, 0.717) is 20.8 Å². The lowest BCUT2D eigenvalue weighted by Crippen LogP contribution is -2.14. The normalized spacial score (nSPS) is 11.6. The van der Waals surface area contributed by atoms with Crippen LogP contribution in [0.15, 0.2) is 76.8 Å². The van der Waals surface area contributed by atoms with E-state index in [1.165, 1.54) is 18.2 Å². The molecule has 33 heavy (non-hydrogen) atoms. The molecule has 1 amide bonds. The van der Waals surface area contributed by atoms with Crippen molar-refractivity contribution in [3.63, 3.8) is 0 Å². The highest BCUT2D eigenvalue weighted by molar-refractivity contribution is 9.10. The molecule has 0 saturated carbocycles. The Bertz CT molecular complexity index is 1250. The van der Waals surface area contributed by atoms with Crippen LogP contribution in [0.1, 0.15) is 16.7 Å². The Kier molecular flexibility index (Phi) is 7.79. The number of nitriles is 1. The average Bonchev–Trinajstić information content (AvgIpc) is 2.76. The Hall–Kier alpha value is -3.28. The van der Waals surface area contributed by atoms with Crippen LogP contribution in [0.2, 0.25) is 5.02 Å². The molecule has 0 fully saturated rings. The molecular formula is C24H15BrClF3N2O2. The first-order valence-corrected chi connectivity index (χ1v) is 10.6. The predicted molar refractivity (Wildman–Crippen MR) is 124 cm³/mol. The fourth-order valence-corrected chi connectivity index (χ4v) is 3.52. The predicted octanol–water partition coefficient (Wildman–Crippen LogP) is 7.25. The number of ether oxygens (including phenoxy) is 1. The van der Waals surface area contributed by atoms with Crippen LogP contribution in [0, 0.1) is 11.3 Å². The first-order chi connectivity index (χ1) is 15.7. The minimum Gasteiger partial charge on any atom is -0.488 e. The van der Waals surface area contributed by atoms with Crippen LogP contribution < -0.4 is 10.1 Å². The number of benzene rings is 3. The molecular weight excluding hydrogens is 521 g/mol. The molecule has 4 nitrogen and oxygen atoms in total. The van der Waals surface area contributed by atoms with Crippen LogP contribution in [0.25, 0.3) is 6.08 Å². The van der Waals surface area contributed by atoms with E-state index in [0.717, 1.165) is 17.7 Å². The molecule has 3 aromatic rings. The van der Waals surface area contributed by atoms with Gasteiger partial charge in [-0.1, -0.05) is 35.9 Å². The van der Waals surface area contributed by atoms with Gasteiger partial charge in [-0.2, -0.15) is 18.4 Å². The lowest BCUT2D eigenvalue weighted by atomic mass is 10.1. The molecule has 0 aliphatic rings. The zero-order valence-electron chi connectivity index (χ0n) is 16.8. The van der Waals surface area contributed by atoms with Gasteiger partial charge in [0.25, 0.3) is 5.91 Å². The number of carbonyl (C=O) groups excluding carboxylic acids is 1. The van der Waals surface area contributed by atoms with E-state index in [1.54, 1.807) is 36.4 Å². The van der Waals surface area contributed by atoms with E-state index in [2.05, 4.69) is 21.2 Å². The Labute approximate surface area is 201 Å². The highest BCUT2D eigenvalue weighted by Gasteiger charge is 2.30. The maximum atomic E-state index is 12.9. The lowest BCUT2D eigenvalue weighted by Gasteiger charge is -2.10. The van der Waals surface area contributed by atoms with Gasteiger partial charge in [-0.15, -0.1) is 0 Å². The number of anilines is 1. The number of nitrogens with zero attached hydrogens (tertiary/aromatic N) is 1. The third-order valence-corrected chi connectivity index (χ3v) is 5.22. The van der Waals surface area contributed by atoms with E-state index < -0.39 is 17.6 Å². The summed E-state index contributed by atoms with van der Waals surface area (Å²) in [6.45, 7) is 0.289. The van der Waals surface area contributed by atoms with Gasteiger partial charge in [0.15, 0.2) is 0 Å². The summed E-state index contributed by atoms with van der Waals surface area (Å²) < 4.78 is 44.9. The van der Waals surface area contributed by atoms with E-state index in [9.17, 15) is 23.2 Å². The smallest absolute Gasteiger partial charge is 0.416 e. The lowest BCUT2D eigenvalue weighted by molar-refractivity contribution is -0.137. The molecule has 9 heteroatoms. The van der Waals surface area contributed by atoms with Crippen LogP contribution in [0.5, 0.6) is 5.75 Å². The van der Waals surface area contributed by atoms with Crippen molar-refractivity contribution < 1.29 is 22.7 Å². The summed E-state index contributed by atoms with van der Waals surface area (Å²) in [5.41, 5.74) is 0.165. The van der Waals surface area contributed by atoms with Gasteiger partial charge < -0.3 is 10.1 Å². The standard InChI is InChI=1S/C24H15BrClF3N2O2/c25-21-11-15(7-8-22(21)33-14-16-3-1-5-19(26)10-16)9-17(13-30)23(32)31-20-6-2-4-18(12-20)24(27,28)29/h1-12H,14H2,(H,31,32)/b17-9+. The molecule has 0 aliphatic carbocycles. The van der Waals surface area contributed by atoms with Crippen LogP contribution in [-0.2, 0) is 17.6 Å². The van der Waals surface area contributed by atoms with Gasteiger partial charge in [0.1, 0.15) is 24.0 Å². The van der Waals surface area contributed by atoms with E-state index >= 15 is 0 Å². The van der Waals surface area contributed by atoms with Crippen LogP contribution in [0.4, 0.5) is 18.9 Å². The molecule has 0 atom stereocenters. The van der Waals surface area contributed by atoms with Crippen molar-refractivity contribution in [2.45, 2.75) is 12.8 Å². The fraction of sp³-hybridized carbons (Fsp3) is 0.0833. The number of hydrogen-bond acceptors (Lipinski definition) is 3. The molecule has 0 aromatic heterocycles. The number of carbonyl (C=O) groups is 1. The van der Waals surface area contributed by atoms with Crippen molar-refractivity contribution in [3.8, 4) is 11.8 Å². The summed E-state index contributed by atoms with van der Waals surface area (Å²) in [6.07, 6.45) is -3.22. The van der Waals surface area contributed by atoms with Crippen molar-refractivity contribution in [1.29, 1.82) is 5.26 Å². The zero-order valence-corrected chi connectivity index (χ0v) is 19.1. The van der Waals surface area contributed by atoms with Crippen molar-refractivity contribution >= 4 is 45.2 Å². The molecule has 3 rings (SSSR count). The maximum Gasteiger partial charge on any atom is 0.416 e.